The van der Waals surface area contributed by atoms with E-state index in [2.05, 4.69) is 10.6 Å². The minimum Gasteiger partial charge on any atom is -0.550 e. The Kier molecular flexibility index (Phi) is 9.07. The predicted octanol–water partition coefficient (Wildman–Crippen LogP) is -2.13. The van der Waals surface area contributed by atoms with Crippen LogP contribution in [0.4, 0.5) is 9.18 Å². The van der Waals surface area contributed by atoms with E-state index in [1.54, 1.807) is 6.07 Å². The number of urea groups is 1. The first-order chi connectivity index (χ1) is 10.6. The number of carbonyl (C=O) groups excluding carboxylic acids is 2. The fraction of sp³-hybridized carbons (Fsp3) is 0.467. The van der Waals surface area contributed by atoms with Crippen molar-refractivity contribution in [1.29, 1.82) is 0 Å². The van der Waals surface area contributed by atoms with Crippen LogP contribution in [-0.4, -0.2) is 25.2 Å². The van der Waals surface area contributed by atoms with E-state index in [4.69, 9.17) is 4.74 Å². The molecule has 1 unspecified atom stereocenters. The number of hydrogen-bond donors (Lipinski definition) is 2. The topological polar surface area (TPSA) is 90.5 Å². The first kappa shape index (κ1) is 20.4. The van der Waals surface area contributed by atoms with Gasteiger partial charge < -0.3 is 25.3 Å². The second-order valence-electron chi connectivity index (χ2n) is 5.10. The van der Waals surface area contributed by atoms with Gasteiger partial charge >= 0.3 is 57.4 Å². The molecule has 0 saturated carbocycles. The van der Waals surface area contributed by atoms with Crippen LogP contribution >= 0.6 is 0 Å². The maximum absolute atomic E-state index is 13.4. The van der Waals surface area contributed by atoms with Gasteiger partial charge in [0.2, 0.25) is 0 Å². The normalized spacial score (nSPS) is 16.1. The summed E-state index contributed by atoms with van der Waals surface area (Å²) in [5.74, 6) is -0.959. The monoisotopic (exact) mass is 348 g/mol. The Labute approximate surface area is 176 Å². The molecule has 1 aliphatic heterocycles. The summed E-state index contributed by atoms with van der Waals surface area (Å²) in [6, 6.07) is 3.49. The molecule has 0 fully saturated rings. The number of nitrogens with one attached hydrogen (secondary N) is 2. The summed E-state index contributed by atoms with van der Waals surface area (Å²) < 4.78 is 18.9. The Morgan fingerprint density at radius 2 is 2.17 bits per heavy atom. The molecule has 120 valence electrons. The predicted molar refractivity (Wildman–Crippen MR) is 74.6 cm³/mol. The summed E-state index contributed by atoms with van der Waals surface area (Å²) in [5, 5.41) is 15.6. The van der Waals surface area contributed by atoms with E-state index in [0.717, 1.165) is 6.42 Å². The molecule has 0 aliphatic carbocycles. The van der Waals surface area contributed by atoms with Crippen LogP contribution in [0.5, 0.6) is 5.75 Å². The molecule has 0 bridgehead atoms. The molecule has 2 N–H and O–H groups in total. The summed E-state index contributed by atoms with van der Waals surface area (Å²) in [6.45, 7) is 0.753. The SMILES string of the molecule is O=C([O-])CCCNC(=O)NC1CCCOc2ccc(F)cc21.[K+]. The molecule has 6 nitrogen and oxygen atoms in total. The van der Waals surface area contributed by atoms with Gasteiger partial charge in [-0.2, -0.15) is 0 Å². The molecule has 2 amide bonds. The Morgan fingerprint density at radius 1 is 1.39 bits per heavy atom. The maximum Gasteiger partial charge on any atom is 1.00 e. The third kappa shape index (κ3) is 6.76. The number of benzene rings is 1. The number of halogens is 1. The number of ether oxygens (including phenoxy) is 1. The molecular formula is C15H18FKN2O4. The summed E-state index contributed by atoms with van der Waals surface area (Å²) in [5.41, 5.74) is 0.613. The molecular weight excluding hydrogens is 330 g/mol. The summed E-state index contributed by atoms with van der Waals surface area (Å²) in [7, 11) is 0. The van der Waals surface area contributed by atoms with Crippen molar-refractivity contribution < 1.29 is 75.2 Å². The molecule has 1 aromatic carbocycles. The van der Waals surface area contributed by atoms with E-state index in [0.29, 0.717) is 30.8 Å². The minimum atomic E-state index is -1.15. The van der Waals surface area contributed by atoms with E-state index in [9.17, 15) is 19.1 Å². The zero-order valence-corrected chi connectivity index (χ0v) is 16.2. The molecule has 8 heteroatoms. The molecule has 23 heavy (non-hydrogen) atoms. The summed E-state index contributed by atoms with van der Waals surface area (Å²) >= 11 is 0. The summed E-state index contributed by atoms with van der Waals surface area (Å²) in [6.07, 6.45) is 1.58. The number of aliphatic carboxylic acids is 1. The van der Waals surface area contributed by atoms with Gasteiger partial charge in [-0.25, -0.2) is 9.18 Å². The van der Waals surface area contributed by atoms with Crippen molar-refractivity contribution in [1.82, 2.24) is 10.6 Å². The Morgan fingerprint density at radius 3 is 2.91 bits per heavy atom. The van der Waals surface area contributed by atoms with Crippen molar-refractivity contribution in [2.45, 2.75) is 31.7 Å². The third-order valence-corrected chi connectivity index (χ3v) is 3.39. The number of carboxylic acid groups (broad SMARTS) is 1. The molecule has 0 radical (unpaired) electrons. The van der Waals surface area contributed by atoms with Crippen molar-refractivity contribution in [3.8, 4) is 5.75 Å². The van der Waals surface area contributed by atoms with Crippen LogP contribution in [0.15, 0.2) is 18.2 Å². The molecule has 1 aliphatic rings. The fourth-order valence-corrected chi connectivity index (χ4v) is 2.34. The van der Waals surface area contributed by atoms with Crippen LogP contribution in [0, 0.1) is 5.82 Å². The smallest absolute Gasteiger partial charge is 0.550 e. The van der Waals surface area contributed by atoms with Crippen molar-refractivity contribution in [2.24, 2.45) is 0 Å². The zero-order chi connectivity index (χ0) is 15.9. The number of carboxylic acids is 1. The molecule has 1 aromatic rings. The average Bonchev–Trinajstić information content (AvgIpc) is 2.66. The van der Waals surface area contributed by atoms with E-state index in [1.165, 1.54) is 12.1 Å². The average molecular weight is 348 g/mol. The third-order valence-electron chi connectivity index (χ3n) is 3.39. The van der Waals surface area contributed by atoms with E-state index in [1.807, 2.05) is 0 Å². The maximum atomic E-state index is 13.4. The minimum absolute atomic E-state index is 0. The van der Waals surface area contributed by atoms with E-state index in [-0.39, 0.29) is 76.2 Å². The molecule has 0 spiro atoms. The molecule has 1 heterocycles. The first-order valence-electron chi connectivity index (χ1n) is 7.22. The second kappa shape index (κ2) is 10.2. The zero-order valence-electron chi connectivity index (χ0n) is 13.1. The van der Waals surface area contributed by atoms with Gasteiger partial charge in [0.25, 0.3) is 0 Å². The number of hydrogen-bond acceptors (Lipinski definition) is 4. The standard InChI is InChI=1S/C15H19FN2O4.K/c16-10-5-6-13-11(9-10)12(3-2-8-22-13)18-15(21)17-7-1-4-14(19)20;/h5-6,9,12H,1-4,7-8H2,(H,19,20)(H2,17,18,21);/q;+1/p-1. The van der Waals surface area contributed by atoms with Crippen LogP contribution in [0.25, 0.3) is 0 Å². The van der Waals surface area contributed by atoms with Gasteiger partial charge in [-0.05, 0) is 43.9 Å². The van der Waals surface area contributed by atoms with Crippen LogP contribution in [0.2, 0.25) is 0 Å². The van der Waals surface area contributed by atoms with E-state index < -0.39 is 12.0 Å². The second-order valence-corrected chi connectivity index (χ2v) is 5.10. The van der Waals surface area contributed by atoms with Gasteiger partial charge in [0.05, 0.1) is 12.6 Å². The number of fused-ring (bicyclic) bond motifs is 1. The largest absolute Gasteiger partial charge is 1.00 e. The molecule has 2 rings (SSSR count). The Hall–Kier alpha value is -0.674. The number of carbonyl (C=O) groups is 2. The van der Waals surface area contributed by atoms with E-state index >= 15 is 0 Å². The fourth-order valence-electron chi connectivity index (χ4n) is 2.34. The Balaban J connectivity index is 0.00000264. The Bertz CT molecular complexity index is 556. The molecule has 1 atom stereocenters. The molecule has 0 aromatic heterocycles. The van der Waals surface area contributed by atoms with Crippen molar-refractivity contribution in [2.75, 3.05) is 13.2 Å². The van der Waals surface area contributed by atoms with Crippen molar-refractivity contribution >= 4 is 12.0 Å². The molecule has 0 saturated heterocycles. The van der Waals surface area contributed by atoms with Crippen LogP contribution in [-0.2, 0) is 4.79 Å². The van der Waals surface area contributed by atoms with Gasteiger partial charge in [0, 0.05) is 18.1 Å². The van der Waals surface area contributed by atoms with Crippen molar-refractivity contribution in [3.63, 3.8) is 0 Å². The van der Waals surface area contributed by atoms with Gasteiger partial charge in [0.15, 0.2) is 0 Å². The summed E-state index contributed by atoms with van der Waals surface area (Å²) in [4.78, 5) is 22.1. The van der Waals surface area contributed by atoms with Gasteiger partial charge in [0.1, 0.15) is 11.6 Å². The quantitative estimate of drug-likeness (QED) is 0.470. The van der Waals surface area contributed by atoms with Crippen molar-refractivity contribution in [3.05, 3.63) is 29.6 Å². The van der Waals surface area contributed by atoms with Crippen LogP contribution < -0.4 is 71.9 Å². The number of rotatable bonds is 5. The van der Waals surface area contributed by atoms with Crippen LogP contribution in [0.1, 0.15) is 37.3 Å². The van der Waals surface area contributed by atoms with Gasteiger partial charge in [-0.1, -0.05) is 0 Å². The number of amides is 2. The first-order valence-corrected chi connectivity index (χ1v) is 7.22. The van der Waals surface area contributed by atoms with Crippen LogP contribution in [0.3, 0.4) is 0 Å². The van der Waals surface area contributed by atoms with Gasteiger partial charge in [-0.3, -0.25) is 0 Å². The van der Waals surface area contributed by atoms with Gasteiger partial charge in [-0.15, -0.1) is 0 Å².